The smallest absolute Gasteiger partial charge is 0.236 e. The van der Waals surface area contributed by atoms with E-state index in [-0.39, 0.29) is 11.9 Å². The zero-order valence-corrected chi connectivity index (χ0v) is 12.1. The van der Waals surface area contributed by atoms with Gasteiger partial charge in [-0.25, -0.2) is 0 Å². The molecule has 1 amide bonds. The van der Waals surface area contributed by atoms with E-state index in [4.69, 9.17) is 10.5 Å². The van der Waals surface area contributed by atoms with Gasteiger partial charge < -0.3 is 15.4 Å². The molecule has 0 heterocycles. The fraction of sp³-hybridized carbons (Fsp3) is 0.500. The maximum absolute atomic E-state index is 11.7. The zero-order chi connectivity index (χ0) is 14.4. The topological polar surface area (TPSA) is 58.8 Å². The Labute approximate surface area is 114 Å². The highest BCUT2D eigenvalue weighted by molar-refractivity contribution is 5.77. The monoisotopic (exact) mass is 265 g/mol. The molecule has 1 rings (SSSR count). The van der Waals surface area contributed by atoms with Crippen LogP contribution < -0.4 is 10.5 Å². The first-order chi connectivity index (χ1) is 8.99. The van der Waals surface area contributed by atoms with Gasteiger partial charge in [0.2, 0.25) is 5.91 Å². The first-order valence-electron chi connectivity index (χ1n) is 6.24. The van der Waals surface area contributed by atoms with Gasteiger partial charge in [-0.1, -0.05) is 12.1 Å². The summed E-state index contributed by atoms with van der Waals surface area (Å²) in [5, 5.41) is 0. The van der Waals surface area contributed by atoms with Crippen LogP contribution in [0.1, 0.15) is 11.6 Å². The minimum absolute atomic E-state index is 0.000926. The van der Waals surface area contributed by atoms with E-state index in [1.807, 2.05) is 36.2 Å². The predicted octanol–water partition coefficient (Wildman–Crippen LogP) is 0.715. The van der Waals surface area contributed by atoms with Gasteiger partial charge in [0.25, 0.3) is 0 Å². The second kappa shape index (κ2) is 7.11. The first kappa shape index (κ1) is 15.5. The number of hydrogen-bond donors (Lipinski definition) is 1. The lowest BCUT2D eigenvalue weighted by atomic mass is 10.1. The third kappa shape index (κ3) is 4.22. The maximum Gasteiger partial charge on any atom is 0.236 e. The number of amides is 1. The summed E-state index contributed by atoms with van der Waals surface area (Å²) < 4.78 is 5.21. The van der Waals surface area contributed by atoms with Crippen LogP contribution >= 0.6 is 0 Å². The third-order valence-electron chi connectivity index (χ3n) is 3.12. The highest BCUT2D eigenvalue weighted by Crippen LogP contribution is 2.22. The molecule has 106 valence electrons. The minimum atomic E-state index is -0.000926. The van der Waals surface area contributed by atoms with Crippen molar-refractivity contribution in [3.05, 3.63) is 29.8 Å². The molecule has 0 radical (unpaired) electrons. The number of likely N-dealkylation sites (N-methyl/N-ethyl adjacent to an activating group) is 2. The highest BCUT2D eigenvalue weighted by Gasteiger charge is 2.19. The number of carbonyl (C=O) groups is 1. The van der Waals surface area contributed by atoms with Gasteiger partial charge in [-0.3, -0.25) is 9.69 Å². The van der Waals surface area contributed by atoms with E-state index in [1.54, 1.807) is 26.1 Å². The van der Waals surface area contributed by atoms with Crippen molar-refractivity contribution in [2.45, 2.75) is 6.04 Å². The zero-order valence-electron chi connectivity index (χ0n) is 12.1. The summed E-state index contributed by atoms with van der Waals surface area (Å²) in [6, 6.07) is 7.77. The summed E-state index contributed by atoms with van der Waals surface area (Å²) in [5.74, 6) is 0.854. The van der Waals surface area contributed by atoms with E-state index in [9.17, 15) is 4.79 Å². The number of rotatable bonds is 6. The van der Waals surface area contributed by atoms with Crippen LogP contribution in [0.4, 0.5) is 0 Å². The van der Waals surface area contributed by atoms with Crippen molar-refractivity contribution in [3.8, 4) is 5.75 Å². The molecular weight excluding hydrogens is 242 g/mol. The van der Waals surface area contributed by atoms with E-state index in [0.29, 0.717) is 13.1 Å². The molecule has 1 atom stereocenters. The second-order valence-corrected chi connectivity index (χ2v) is 4.73. The van der Waals surface area contributed by atoms with Crippen LogP contribution in [0.25, 0.3) is 0 Å². The number of benzene rings is 1. The normalized spacial score (nSPS) is 12.3. The Morgan fingerprint density at radius 1 is 1.37 bits per heavy atom. The number of nitrogens with zero attached hydrogens (tertiary/aromatic N) is 2. The number of hydrogen-bond acceptors (Lipinski definition) is 4. The van der Waals surface area contributed by atoms with Gasteiger partial charge in [0.15, 0.2) is 0 Å². The largest absolute Gasteiger partial charge is 0.497 e. The van der Waals surface area contributed by atoms with Crippen molar-refractivity contribution in [2.24, 2.45) is 5.73 Å². The third-order valence-corrected chi connectivity index (χ3v) is 3.12. The molecule has 0 aliphatic rings. The fourth-order valence-electron chi connectivity index (χ4n) is 1.88. The molecule has 0 aliphatic heterocycles. The Hall–Kier alpha value is -1.59. The quantitative estimate of drug-likeness (QED) is 0.823. The van der Waals surface area contributed by atoms with E-state index in [1.165, 1.54) is 0 Å². The molecule has 0 spiro atoms. The van der Waals surface area contributed by atoms with Crippen molar-refractivity contribution >= 4 is 5.91 Å². The molecule has 1 aromatic carbocycles. The maximum atomic E-state index is 11.7. The number of carbonyl (C=O) groups excluding carboxylic acids is 1. The highest BCUT2D eigenvalue weighted by atomic mass is 16.5. The molecule has 1 unspecified atom stereocenters. The lowest BCUT2D eigenvalue weighted by Gasteiger charge is -2.28. The van der Waals surface area contributed by atoms with Gasteiger partial charge in [0.05, 0.1) is 13.7 Å². The van der Waals surface area contributed by atoms with E-state index in [2.05, 4.69) is 0 Å². The van der Waals surface area contributed by atoms with E-state index in [0.717, 1.165) is 11.3 Å². The average Bonchev–Trinajstić information content (AvgIpc) is 2.39. The summed E-state index contributed by atoms with van der Waals surface area (Å²) in [7, 11) is 7.03. The van der Waals surface area contributed by atoms with Crippen LogP contribution in [0, 0.1) is 0 Å². The second-order valence-electron chi connectivity index (χ2n) is 4.73. The lowest BCUT2D eigenvalue weighted by molar-refractivity contribution is -0.130. The van der Waals surface area contributed by atoms with Crippen molar-refractivity contribution in [1.29, 1.82) is 0 Å². The van der Waals surface area contributed by atoms with Gasteiger partial charge >= 0.3 is 0 Å². The summed E-state index contributed by atoms with van der Waals surface area (Å²) in [6.07, 6.45) is 0. The molecule has 0 fully saturated rings. The Morgan fingerprint density at radius 2 is 2.05 bits per heavy atom. The Balaban J connectivity index is 2.83. The summed E-state index contributed by atoms with van der Waals surface area (Å²) in [6.45, 7) is 0.788. The van der Waals surface area contributed by atoms with Crippen molar-refractivity contribution in [3.63, 3.8) is 0 Å². The average molecular weight is 265 g/mol. The van der Waals surface area contributed by atoms with Crippen LogP contribution in [0.2, 0.25) is 0 Å². The number of ether oxygens (including phenoxy) is 1. The molecule has 19 heavy (non-hydrogen) atoms. The SMILES string of the molecule is COc1cccc(C(CN)N(C)CC(=O)N(C)C)c1. The molecular formula is C14H23N3O2. The van der Waals surface area contributed by atoms with Crippen molar-refractivity contribution in [1.82, 2.24) is 9.80 Å². The van der Waals surface area contributed by atoms with Crippen LogP contribution in [-0.2, 0) is 4.79 Å². The lowest BCUT2D eigenvalue weighted by Crippen LogP contribution is -2.38. The number of methoxy groups -OCH3 is 1. The van der Waals surface area contributed by atoms with Crippen LogP contribution in [0.15, 0.2) is 24.3 Å². The molecule has 1 aromatic rings. The number of nitrogens with two attached hydrogens (primary N) is 1. The molecule has 0 aromatic heterocycles. The molecule has 0 bridgehead atoms. The Kier molecular flexibility index (Phi) is 5.79. The summed E-state index contributed by atoms with van der Waals surface area (Å²) in [4.78, 5) is 15.3. The van der Waals surface area contributed by atoms with E-state index >= 15 is 0 Å². The molecule has 0 saturated carbocycles. The predicted molar refractivity (Wildman–Crippen MR) is 76.1 cm³/mol. The van der Waals surface area contributed by atoms with Gasteiger partial charge in [0.1, 0.15) is 5.75 Å². The van der Waals surface area contributed by atoms with E-state index < -0.39 is 0 Å². The van der Waals surface area contributed by atoms with Crippen LogP contribution in [0.5, 0.6) is 5.75 Å². The molecule has 2 N–H and O–H groups in total. The van der Waals surface area contributed by atoms with Gasteiger partial charge in [-0.05, 0) is 24.7 Å². The van der Waals surface area contributed by atoms with Gasteiger partial charge in [-0.15, -0.1) is 0 Å². The molecule has 5 nitrogen and oxygen atoms in total. The molecule has 0 aliphatic carbocycles. The van der Waals surface area contributed by atoms with Crippen LogP contribution in [0.3, 0.4) is 0 Å². The van der Waals surface area contributed by atoms with Gasteiger partial charge in [0, 0.05) is 26.7 Å². The Morgan fingerprint density at radius 3 is 2.58 bits per heavy atom. The van der Waals surface area contributed by atoms with Crippen molar-refractivity contribution < 1.29 is 9.53 Å². The first-order valence-corrected chi connectivity index (χ1v) is 6.24. The van der Waals surface area contributed by atoms with Crippen LogP contribution in [-0.4, -0.2) is 57.0 Å². The van der Waals surface area contributed by atoms with Crippen molar-refractivity contribution in [2.75, 3.05) is 41.3 Å². The Bertz CT molecular complexity index is 421. The standard InChI is InChI=1S/C14H23N3O2/c1-16(2)14(18)10-17(3)13(9-15)11-6-5-7-12(8-11)19-4/h5-8,13H,9-10,15H2,1-4H3. The summed E-state index contributed by atoms with van der Waals surface area (Å²) in [5.41, 5.74) is 6.89. The summed E-state index contributed by atoms with van der Waals surface area (Å²) >= 11 is 0. The fourth-order valence-corrected chi connectivity index (χ4v) is 1.88. The van der Waals surface area contributed by atoms with Gasteiger partial charge in [-0.2, -0.15) is 0 Å². The minimum Gasteiger partial charge on any atom is -0.497 e. The molecule has 5 heteroatoms. The molecule has 0 saturated heterocycles.